The molecule has 2 atom stereocenters. The lowest BCUT2D eigenvalue weighted by molar-refractivity contribution is 0.0584. The predicted octanol–water partition coefficient (Wildman–Crippen LogP) is 2.52. The van der Waals surface area contributed by atoms with Crippen molar-refractivity contribution in [3.63, 3.8) is 0 Å². The lowest BCUT2D eigenvalue weighted by atomic mass is 9.96. The molecule has 0 saturated carbocycles. The zero-order chi connectivity index (χ0) is 16.4. The van der Waals surface area contributed by atoms with Gasteiger partial charge in [0.2, 0.25) is 0 Å². The molecule has 5 heteroatoms. The van der Waals surface area contributed by atoms with Crippen molar-refractivity contribution in [2.24, 2.45) is 5.73 Å². The summed E-state index contributed by atoms with van der Waals surface area (Å²) in [6.45, 7) is 4.79. The maximum Gasteiger partial charge on any atom is 0.254 e. The third kappa shape index (κ3) is 3.29. The van der Waals surface area contributed by atoms with E-state index in [1.54, 1.807) is 0 Å². The summed E-state index contributed by atoms with van der Waals surface area (Å²) in [5, 5.41) is 4.29. The van der Waals surface area contributed by atoms with Gasteiger partial charge < -0.3 is 10.6 Å². The van der Waals surface area contributed by atoms with Crippen LogP contribution in [0.4, 0.5) is 0 Å². The third-order valence-corrected chi connectivity index (χ3v) is 4.51. The summed E-state index contributed by atoms with van der Waals surface area (Å²) in [5.74, 6) is 0.0789. The molecule has 122 valence electrons. The molecular formula is C18H24N4O. The Hall–Kier alpha value is -2.14. The highest BCUT2D eigenvalue weighted by atomic mass is 16.2. The molecule has 1 saturated heterocycles. The summed E-state index contributed by atoms with van der Waals surface area (Å²) >= 11 is 0. The third-order valence-electron chi connectivity index (χ3n) is 4.51. The number of piperidine rings is 1. The first-order valence-corrected chi connectivity index (χ1v) is 8.24. The number of rotatable bonds is 3. The van der Waals surface area contributed by atoms with E-state index in [-0.39, 0.29) is 18.0 Å². The summed E-state index contributed by atoms with van der Waals surface area (Å²) in [4.78, 5) is 14.8. The van der Waals surface area contributed by atoms with E-state index in [1.807, 2.05) is 60.1 Å². The zero-order valence-electron chi connectivity index (χ0n) is 13.8. The molecule has 1 amide bonds. The van der Waals surface area contributed by atoms with Gasteiger partial charge in [0.15, 0.2) is 0 Å². The Balaban J connectivity index is 1.79. The lowest BCUT2D eigenvalue weighted by Gasteiger charge is -2.38. The highest BCUT2D eigenvalue weighted by Crippen LogP contribution is 2.22. The number of nitrogens with two attached hydrogens (primary N) is 1. The van der Waals surface area contributed by atoms with Crippen molar-refractivity contribution in [3.8, 4) is 5.69 Å². The van der Waals surface area contributed by atoms with Crippen LogP contribution in [-0.2, 0) is 0 Å². The molecule has 2 N–H and O–H groups in total. The Kier molecular flexibility index (Phi) is 4.48. The number of nitrogens with zero attached hydrogens (tertiary/aromatic N) is 3. The molecule has 2 heterocycles. The van der Waals surface area contributed by atoms with Gasteiger partial charge in [0.25, 0.3) is 5.91 Å². The number of hydrogen-bond donors (Lipinski definition) is 1. The van der Waals surface area contributed by atoms with Crippen LogP contribution >= 0.6 is 0 Å². The van der Waals surface area contributed by atoms with Crippen LogP contribution in [0.25, 0.3) is 5.69 Å². The van der Waals surface area contributed by atoms with Crippen LogP contribution in [0.5, 0.6) is 0 Å². The average Bonchev–Trinajstić information content (AvgIpc) is 3.01. The van der Waals surface area contributed by atoms with Gasteiger partial charge in [-0.1, -0.05) is 0 Å². The average molecular weight is 312 g/mol. The van der Waals surface area contributed by atoms with Gasteiger partial charge in [0, 0.05) is 30.4 Å². The van der Waals surface area contributed by atoms with Crippen molar-refractivity contribution < 1.29 is 4.79 Å². The summed E-state index contributed by atoms with van der Waals surface area (Å²) < 4.78 is 1.81. The maximum absolute atomic E-state index is 12.8. The SMILES string of the molecule is Cc1cnn(-c2ccc(C(=O)N3CCCC[C@H]3[C@H](C)N)cc2)c1. The van der Waals surface area contributed by atoms with Crippen molar-refractivity contribution in [2.45, 2.75) is 45.2 Å². The van der Waals surface area contributed by atoms with Gasteiger partial charge in [0.1, 0.15) is 0 Å². The minimum absolute atomic E-state index is 0.00516. The lowest BCUT2D eigenvalue weighted by Crippen LogP contribution is -2.51. The number of carbonyl (C=O) groups excluding carboxylic acids is 1. The molecule has 1 aliphatic heterocycles. The van der Waals surface area contributed by atoms with Crippen LogP contribution in [0.2, 0.25) is 0 Å². The fourth-order valence-corrected chi connectivity index (χ4v) is 3.23. The first-order valence-electron chi connectivity index (χ1n) is 8.24. The van der Waals surface area contributed by atoms with Crippen molar-refractivity contribution in [1.82, 2.24) is 14.7 Å². The topological polar surface area (TPSA) is 64.2 Å². The number of aromatic nitrogens is 2. The second-order valence-electron chi connectivity index (χ2n) is 6.43. The predicted molar refractivity (Wildman–Crippen MR) is 90.6 cm³/mol. The number of benzene rings is 1. The van der Waals surface area contributed by atoms with Crippen LogP contribution in [0.15, 0.2) is 36.7 Å². The van der Waals surface area contributed by atoms with E-state index in [1.165, 1.54) is 0 Å². The van der Waals surface area contributed by atoms with Gasteiger partial charge in [-0.05, 0) is 62.9 Å². The molecule has 5 nitrogen and oxygen atoms in total. The molecule has 0 radical (unpaired) electrons. The van der Waals surface area contributed by atoms with Gasteiger partial charge in [-0.2, -0.15) is 5.10 Å². The van der Waals surface area contributed by atoms with E-state index in [0.717, 1.165) is 37.1 Å². The zero-order valence-corrected chi connectivity index (χ0v) is 13.8. The Morgan fingerprint density at radius 2 is 2.04 bits per heavy atom. The first-order chi connectivity index (χ1) is 11.1. The molecular weight excluding hydrogens is 288 g/mol. The van der Waals surface area contributed by atoms with Gasteiger partial charge in [-0.3, -0.25) is 4.79 Å². The second kappa shape index (κ2) is 6.54. The molecule has 0 bridgehead atoms. The van der Waals surface area contributed by atoms with E-state index in [2.05, 4.69) is 5.10 Å². The normalized spacial score (nSPS) is 19.6. The molecule has 23 heavy (non-hydrogen) atoms. The van der Waals surface area contributed by atoms with Crippen molar-refractivity contribution in [3.05, 3.63) is 47.8 Å². The van der Waals surface area contributed by atoms with Crippen molar-refractivity contribution in [2.75, 3.05) is 6.54 Å². The second-order valence-corrected chi connectivity index (χ2v) is 6.43. The standard InChI is InChI=1S/C18H24N4O/c1-13-11-20-22(12-13)16-8-6-15(7-9-16)18(23)21-10-4-3-5-17(21)14(2)19/h6-9,11-12,14,17H,3-5,10,19H2,1-2H3/t14-,17-/m0/s1. The fraction of sp³-hybridized carbons (Fsp3) is 0.444. The number of hydrogen-bond acceptors (Lipinski definition) is 3. The summed E-state index contributed by atoms with van der Waals surface area (Å²) in [7, 11) is 0. The largest absolute Gasteiger partial charge is 0.334 e. The molecule has 3 rings (SSSR count). The number of amides is 1. The van der Waals surface area contributed by atoms with Crippen LogP contribution in [0, 0.1) is 6.92 Å². The van der Waals surface area contributed by atoms with Crippen LogP contribution < -0.4 is 5.73 Å². The molecule has 1 fully saturated rings. The van der Waals surface area contributed by atoms with E-state index in [9.17, 15) is 4.79 Å². The van der Waals surface area contributed by atoms with E-state index >= 15 is 0 Å². The molecule has 1 aromatic heterocycles. The van der Waals surface area contributed by atoms with Crippen LogP contribution in [0.3, 0.4) is 0 Å². The summed E-state index contributed by atoms with van der Waals surface area (Å²) in [6.07, 6.45) is 6.98. The summed E-state index contributed by atoms with van der Waals surface area (Å²) in [6, 6.07) is 7.77. The van der Waals surface area contributed by atoms with Crippen molar-refractivity contribution >= 4 is 5.91 Å². The Morgan fingerprint density at radius 3 is 2.65 bits per heavy atom. The molecule has 1 aliphatic rings. The number of carbonyl (C=O) groups is 1. The monoisotopic (exact) mass is 312 g/mol. The van der Waals surface area contributed by atoms with E-state index in [4.69, 9.17) is 5.73 Å². The number of likely N-dealkylation sites (tertiary alicyclic amines) is 1. The van der Waals surface area contributed by atoms with Crippen LogP contribution in [-0.4, -0.2) is 39.2 Å². The van der Waals surface area contributed by atoms with E-state index in [0.29, 0.717) is 5.56 Å². The van der Waals surface area contributed by atoms with Crippen molar-refractivity contribution in [1.29, 1.82) is 0 Å². The molecule has 0 unspecified atom stereocenters. The minimum atomic E-state index is 0.00516. The summed E-state index contributed by atoms with van der Waals surface area (Å²) in [5.41, 5.74) is 8.85. The molecule has 0 spiro atoms. The molecule has 0 aliphatic carbocycles. The Morgan fingerprint density at radius 1 is 1.30 bits per heavy atom. The molecule has 2 aromatic rings. The van der Waals surface area contributed by atoms with Gasteiger partial charge in [0.05, 0.1) is 11.9 Å². The maximum atomic E-state index is 12.8. The minimum Gasteiger partial charge on any atom is -0.334 e. The quantitative estimate of drug-likeness (QED) is 0.947. The Labute approximate surface area is 137 Å². The smallest absolute Gasteiger partial charge is 0.254 e. The van der Waals surface area contributed by atoms with E-state index < -0.39 is 0 Å². The first kappa shape index (κ1) is 15.7. The van der Waals surface area contributed by atoms with Gasteiger partial charge in [-0.25, -0.2) is 4.68 Å². The fourth-order valence-electron chi connectivity index (χ4n) is 3.23. The number of aryl methyl sites for hydroxylation is 1. The van der Waals surface area contributed by atoms with Gasteiger partial charge in [-0.15, -0.1) is 0 Å². The molecule has 1 aromatic carbocycles. The van der Waals surface area contributed by atoms with Crippen LogP contribution in [0.1, 0.15) is 42.1 Å². The van der Waals surface area contributed by atoms with Gasteiger partial charge >= 0.3 is 0 Å². The Bertz CT molecular complexity index is 675. The highest BCUT2D eigenvalue weighted by Gasteiger charge is 2.29. The highest BCUT2D eigenvalue weighted by molar-refractivity contribution is 5.94.